The molecule has 17 N–H and O–H groups in total. The predicted octanol–water partition coefficient (Wildman–Crippen LogP) is 4.30. The first-order chi connectivity index (χ1) is 61.6. The molecule has 129 heavy (non-hydrogen) atoms. The molecule has 4 aliphatic heterocycles. The van der Waals surface area contributed by atoms with Crippen LogP contribution >= 0.6 is 55.5 Å². The van der Waals surface area contributed by atoms with E-state index in [9.17, 15) is 69.0 Å². The van der Waals surface area contributed by atoms with E-state index in [0.717, 1.165) is 12.0 Å². The van der Waals surface area contributed by atoms with Gasteiger partial charge in [-0.1, -0.05) is 95.5 Å². The van der Waals surface area contributed by atoms with Crippen LogP contribution in [0.25, 0.3) is 0 Å². The summed E-state index contributed by atoms with van der Waals surface area (Å²) in [6.07, 6.45) is -15.6. The number of ether oxygens (including phenoxy) is 13. The molecule has 38 nitrogen and oxygen atoms in total. The summed E-state index contributed by atoms with van der Waals surface area (Å²) in [6.45, 7) is 13.0. The highest BCUT2D eigenvalue weighted by atomic mass is 127. The summed E-state index contributed by atoms with van der Waals surface area (Å²) in [5.74, 6) is 8.35. The van der Waals surface area contributed by atoms with Crippen molar-refractivity contribution in [3.05, 3.63) is 110 Å². The number of methoxy groups -OCH3 is 5. The number of rotatable bonds is 40. The number of hydroxylamine groups is 1. The maximum Gasteiger partial charge on any atom is 0.411 e. The number of hydrogen-bond donors (Lipinski definition) is 16. The molecule has 4 fully saturated rings. The Morgan fingerprint density at radius 3 is 2.13 bits per heavy atom. The van der Waals surface area contributed by atoms with Gasteiger partial charge < -0.3 is 135 Å². The van der Waals surface area contributed by atoms with E-state index in [1.165, 1.54) is 74.0 Å². The summed E-state index contributed by atoms with van der Waals surface area (Å²) in [5.41, 5.74) is 12.7. The number of fused-ring (bicyclic) bond motifs is 2. The molecule has 0 saturated carbocycles. The van der Waals surface area contributed by atoms with Crippen LogP contribution in [0.5, 0.6) is 17.2 Å². The Balaban J connectivity index is 0.933. The van der Waals surface area contributed by atoms with E-state index in [0.29, 0.717) is 39.8 Å². The number of urea groups is 1. The summed E-state index contributed by atoms with van der Waals surface area (Å²) in [7, 11) is 9.44. The minimum atomic E-state index is -2.19. The van der Waals surface area contributed by atoms with Gasteiger partial charge in [-0.15, -0.1) is 0 Å². The van der Waals surface area contributed by atoms with Crippen LogP contribution < -0.4 is 63.1 Å². The summed E-state index contributed by atoms with van der Waals surface area (Å²) < 4.78 is 80.0. The van der Waals surface area contributed by atoms with Crippen LogP contribution in [-0.4, -0.2) is 289 Å². The molecule has 4 heterocycles. The van der Waals surface area contributed by atoms with Gasteiger partial charge >= 0.3 is 18.2 Å². The molecule has 8 amide bonds. The second-order valence-corrected chi connectivity index (χ2v) is 36.3. The number of primary amides is 1. The minimum Gasteiger partial charge on any atom is -0.492 e. The fourth-order valence-corrected chi connectivity index (χ4v) is 19.1. The number of allylic oxidation sites excluding steroid dienone is 3. The lowest BCUT2D eigenvalue weighted by molar-refractivity contribution is -0.337. The second-order valence-electron chi connectivity index (χ2n) is 31.5. The van der Waals surface area contributed by atoms with E-state index < -0.39 is 193 Å². The lowest BCUT2D eigenvalue weighted by Gasteiger charge is -2.47. The number of likely N-dealkylation sites (N-methyl/N-ethyl adjacent to an activating group) is 1. The van der Waals surface area contributed by atoms with E-state index >= 15 is 0 Å². The molecule has 3 aromatic carbocycles. The highest BCUT2D eigenvalue weighted by Crippen LogP contribution is 2.49. The summed E-state index contributed by atoms with van der Waals surface area (Å²) in [5, 5.41) is 86.6. The third-order valence-corrected chi connectivity index (χ3v) is 27.2. The fourth-order valence-electron chi connectivity index (χ4n) is 15.4. The molecule has 22 atom stereocenters. The van der Waals surface area contributed by atoms with Gasteiger partial charge in [-0.05, 0) is 149 Å². The smallest absolute Gasteiger partial charge is 0.411 e. The molecule has 2 bridgehead atoms. The average Bonchev–Trinajstić information content (AvgIpc) is 0.748. The Labute approximate surface area is 774 Å². The van der Waals surface area contributed by atoms with E-state index in [2.05, 4.69) is 61.1 Å². The highest BCUT2D eigenvalue weighted by molar-refractivity contribution is 14.1. The Kier molecular flexibility index (Phi) is 40.5. The number of alkyl carbamates (subject to hydrolysis) is 1. The van der Waals surface area contributed by atoms with Crippen molar-refractivity contribution < 1.29 is 135 Å². The SMILES string of the molecule is CCN(C(=O)OCc1ccc(NC(=O)[C@H](CCCNC(N)=O)NC(=O)[C@@H](NC(=O)[C@H](CCCCN)NC(C)=O)C(C)C)cc1)[C@H]1CO[C@@H](O[C@H]2[C@H](O[C@H]3C#CC=CC#C[C@]4(O)CC(=O)C(NC(=O)OC)=C3/C4=C\CSSc3ccccc3)O[C@H](C)[C@@H](NO[C@H]3C[C@H](O)[C@H]([SH]=C(O)c4c(C)c(I)c(O[C@@H]5O[C@@H](C)[C@H](O)[C@@H](OC)[C@H]5O)c(OC)c4OC)[C@@H](C)O3)[C@@H]2O)C[C@@H]1OC. The monoisotopic (exact) mass is 1970 g/mol. The topological polar surface area (TPSA) is 527 Å². The number of Topliss-reactive ketones (excluding diaryl/α,β-unsaturated/α-hetero) is 1. The fraction of sp³-hybridized carbons (Fsp3) is 0.575. The Bertz CT molecular complexity index is 4620. The number of anilines is 1. The van der Waals surface area contributed by atoms with Gasteiger partial charge in [-0.25, -0.2) is 14.4 Å². The van der Waals surface area contributed by atoms with Crippen molar-refractivity contribution in [2.75, 3.05) is 72.9 Å². The minimum absolute atomic E-state index is 0.0303. The van der Waals surface area contributed by atoms with Gasteiger partial charge in [-0.3, -0.25) is 34.1 Å². The molecule has 0 radical (unpaired) electrons. The standard InChI is InChI=1S/C87H119IN10O28S3/c1-14-98(86(111)119-42-50-30-32-51(33-31-50)93-78(105)55(28-24-37-91-84(90)109)94-80(107)66(44(2)3)95-79(106)54(92-49(8)99)27-21-23-36-89)56-43-118-61(40-60(56)113-9)124-75-70(103)67(46(5)121-83(75)123-59-29-20-15-16-22-35-87(112)41-58(101)68(96-85(110)117-13)64(59)53(87)34-38-127-129-52-25-18-17-19-26-52)97-126-62-39-57(100)77(48(7)120-62)128-81(108)63-45(4)65(88)73(76(116-12)72(63)114-10)125-82-71(104)74(115-11)69(102)47(6)122-82/h15-19,25-26,30-34,44,46-48,54-57,59-62,66-67,69-71,74-75,77,82-83,97,100,102-104,108,112,128H,14,21,23-24,27-28,36-43,89H2,1-13H3,(H,92,99)(H,93,105)(H,94,107)(H,95,106)(H,96,110)(H3,90,91,109)/b16-15?,53-34+/t46-,47+,48-,54+,55+,56+,57+,59+,60+,61+,62+,66+,67-,69+,70+,71-,74-,75-,77-,82+,83+,87+/m1/s1. The number of unbranched alkanes of at least 4 members (excludes halogenated alkanes) is 1. The number of nitrogens with one attached hydrogen (secondary N) is 7. The molecular formula is C87H119IN10O28S3. The second kappa shape index (κ2) is 50.0. The number of nitrogens with two attached hydrogens (primary N) is 2. The Morgan fingerprint density at radius 2 is 1.48 bits per heavy atom. The number of carbonyl (C=O) groups is 8. The molecule has 3 aromatic rings. The first-order valence-corrected chi connectivity index (χ1v) is 46.5. The van der Waals surface area contributed by atoms with Crippen LogP contribution in [0.2, 0.25) is 0 Å². The number of halogens is 1. The molecule has 710 valence electrons. The molecule has 2 aliphatic carbocycles. The van der Waals surface area contributed by atoms with Crippen molar-refractivity contribution in [1.82, 2.24) is 37.0 Å². The zero-order valence-electron chi connectivity index (χ0n) is 73.9. The van der Waals surface area contributed by atoms with Crippen molar-refractivity contribution in [3.63, 3.8) is 0 Å². The average molecular weight is 1980 g/mol. The number of aliphatic hydroxyl groups is 6. The van der Waals surface area contributed by atoms with Crippen molar-refractivity contribution >= 4 is 114 Å². The van der Waals surface area contributed by atoms with Crippen molar-refractivity contribution in [3.8, 4) is 40.9 Å². The van der Waals surface area contributed by atoms with Gasteiger partial charge in [-0.2, -0.15) is 16.8 Å². The van der Waals surface area contributed by atoms with Crippen LogP contribution in [0.4, 0.5) is 20.1 Å². The van der Waals surface area contributed by atoms with Crippen molar-refractivity contribution in [2.45, 2.75) is 252 Å². The van der Waals surface area contributed by atoms with E-state index in [1.807, 2.05) is 52.9 Å². The third kappa shape index (κ3) is 27.7. The van der Waals surface area contributed by atoms with Crippen LogP contribution in [0, 0.1) is 40.1 Å². The number of hydrogen-bond acceptors (Lipinski definition) is 31. The first kappa shape index (κ1) is 104. The molecule has 0 aromatic heterocycles. The number of amides is 8. The quantitative estimate of drug-likeness (QED) is 0.00717. The lowest BCUT2D eigenvalue weighted by atomic mass is 9.75. The maximum atomic E-state index is 14.5. The van der Waals surface area contributed by atoms with E-state index in [1.54, 1.807) is 78.8 Å². The van der Waals surface area contributed by atoms with Crippen molar-refractivity contribution in [2.24, 2.45) is 17.4 Å². The first-order valence-electron chi connectivity index (χ1n) is 42.1. The zero-order chi connectivity index (χ0) is 94.1. The molecule has 0 spiro atoms. The number of thiol groups is 1. The van der Waals surface area contributed by atoms with Crippen molar-refractivity contribution in [1.29, 1.82) is 0 Å². The summed E-state index contributed by atoms with van der Waals surface area (Å²) in [4.78, 5) is 116. The van der Waals surface area contributed by atoms with Crippen LogP contribution in [-0.2, 0) is 82.8 Å². The van der Waals surface area contributed by atoms with Gasteiger partial charge in [0, 0.05) is 74.6 Å². The highest BCUT2D eigenvalue weighted by Gasteiger charge is 2.53. The molecule has 4 saturated heterocycles. The lowest BCUT2D eigenvalue weighted by Crippen LogP contribution is -2.65. The summed E-state index contributed by atoms with van der Waals surface area (Å²) >= 11 is 2.20. The Morgan fingerprint density at radius 1 is 0.783 bits per heavy atom. The Hall–Kier alpha value is -8.27. The molecule has 6 aliphatic rings. The van der Waals surface area contributed by atoms with Gasteiger partial charge in [0.15, 0.2) is 41.8 Å². The number of aliphatic hydroxyl groups excluding tert-OH is 5. The number of benzene rings is 3. The van der Waals surface area contributed by atoms with E-state index in [-0.39, 0.29) is 120 Å². The van der Waals surface area contributed by atoms with Gasteiger partial charge in [0.2, 0.25) is 35.7 Å². The van der Waals surface area contributed by atoms with Gasteiger partial charge in [0.1, 0.15) is 66.4 Å². The number of carbonyl (C=O) groups excluding carboxylic acids is 8. The largest absolute Gasteiger partial charge is 0.492 e. The third-order valence-electron chi connectivity index (χ3n) is 22.2. The molecular weight excluding hydrogens is 1860 g/mol. The van der Waals surface area contributed by atoms with Gasteiger partial charge in [0.05, 0.1) is 97.0 Å². The normalized spacial score (nSPS) is 27.9. The predicted molar refractivity (Wildman–Crippen MR) is 485 cm³/mol. The zero-order valence-corrected chi connectivity index (χ0v) is 78.6. The summed E-state index contributed by atoms with van der Waals surface area (Å²) in [6, 6.07) is 9.72. The molecule has 0 unspecified atom stereocenters. The van der Waals surface area contributed by atoms with Crippen LogP contribution in [0.3, 0.4) is 0 Å². The van der Waals surface area contributed by atoms with Gasteiger partial charge in [0.25, 0.3) is 0 Å². The van der Waals surface area contributed by atoms with E-state index in [4.69, 9.17) is 77.9 Å². The maximum absolute atomic E-state index is 14.5. The van der Waals surface area contributed by atoms with Crippen LogP contribution in [0.15, 0.2) is 94.6 Å². The van der Waals surface area contributed by atoms with Crippen LogP contribution in [0.1, 0.15) is 117 Å². The molecule has 42 heteroatoms. The molecule has 9 rings (SSSR count). The number of ketones is 1. The number of nitrogens with zero attached hydrogens (tertiary/aromatic N) is 1.